The van der Waals surface area contributed by atoms with E-state index in [1.165, 1.54) is 16.5 Å². The topological polar surface area (TPSA) is 23.4 Å². The SMILES string of the molecule is CCc1cccc2ccn(CCOCCCOC)c12. The highest BCUT2D eigenvalue weighted by molar-refractivity contribution is 5.83. The summed E-state index contributed by atoms with van der Waals surface area (Å²) in [5, 5.41) is 1.32. The van der Waals surface area contributed by atoms with Gasteiger partial charge in [-0.05, 0) is 29.9 Å². The van der Waals surface area contributed by atoms with Gasteiger partial charge in [0.15, 0.2) is 0 Å². The van der Waals surface area contributed by atoms with E-state index >= 15 is 0 Å². The maximum atomic E-state index is 5.63. The Bertz CT molecular complexity index is 504. The number of ether oxygens (including phenoxy) is 2. The van der Waals surface area contributed by atoms with Gasteiger partial charge < -0.3 is 14.0 Å². The number of hydrogen-bond acceptors (Lipinski definition) is 2. The first-order valence-corrected chi connectivity index (χ1v) is 7.00. The number of rotatable bonds is 8. The number of nitrogens with zero attached hydrogens (tertiary/aromatic N) is 1. The van der Waals surface area contributed by atoms with E-state index in [-0.39, 0.29) is 0 Å². The Kier molecular flexibility index (Phi) is 5.43. The zero-order valence-electron chi connectivity index (χ0n) is 11.9. The van der Waals surface area contributed by atoms with Gasteiger partial charge in [-0.1, -0.05) is 25.1 Å². The molecule has 2 aromatic rings. The average molecular weight is 261 g/mol. The second-order valence-corrected chi connectivity index (χ2v) is 4.68. The van der Waals surface area contributed by atoms with Crippen molar-refractivity contribution in [2.75, 3.05) is 26.9 Å². The Labute approximate surface area is 115 Å². The highest BCUT2D eigenvalue weighted by Gasteiger charge is 2.04. The van der Waals surface area contributed by atoms with Gasteiger partial charge in [-0.15, -0.1) is 0 Å². The van der Waals surface area contributed by atoms with Crippen LogP contribution < -0.4 is 0 Å². The Balaban J connectivity index is 1.93. The molecule has 19 heavy (non-hydrogen) atoms. The first-order valence-electron chi connectivity index (χ1n) is 7.00. The molecule has 0 aliphatic heterocycles. The van der Waals surface area contributed by atoms with E-state index in [9.17, 15) is 0 Å². The summed E-state index contributed by atoms with van der Waals surface area (Å²) in [6, 6.07) is 8.69. The summed E-state index contributed by atoms with van der Waals surface area (Å²) in [6.45, 7) is 5.41. The van der Waals surface area contributed by atoms with Crippen molar-refractivity contribution in [1.82, 2.24) is 4.57 Å². The third-order valence-corrected chi connectivity index (χ3v) is 3.37. The van der Waals surface area contributed by atoms with E-state index in [4.69, 9.17) is 9.47 Å². The van der Waals surface area contributed by atoms with Gasteiger partial charge in [0.05, 0.1) is 12.1 Å². The molecule has 0 bridgehead atoms. The number of para-hydroxylation sites is 1. The van der Waals surface area contributed by atoms with Crippen molar-refractivity contribution < 1.29 is 9.47 Å². The van der Waals surface area contributed by atoms with Crippen molar-refractivity contribution in [3.8, 4) is 0 Å². The Morgan fingerprint density at radius 2 is 2.00 bits per heavy atom. The van der Waals surface area contributed by atoms with Gasteiger partial charge in [-0.25, -0.2) is 0 Å². The van der Waals surface area contributed by atoms with Crippen LogP contribution in [-0.4, -0.2) is 31.5 Å². The number of benzene rings is 1. The van der Waals surface area contributed by atoms with E-state index < -0.39 is 0 Å². The highest BCUT2D eigenvalue weighted by Crippen LogP contribution is 2.20. The smallest absolute Gasteiger partial charge is 0.0645 e. The molecule has 1 heterocycles. The van der Waals surface area contributed by atoms with E-state index in [1.807, 2.05) is 0 Å². The van der Waals surface area contributed by atoms with E-state index in [0.29, 0.717) is 0 Å². The van der Waals surface area contributed by atoms with Crippen molar-refractivity contribution >= 4 is 10.9 Å². The van der Waals surface area contributed by atoms with Crippen LogP contribution in [-0.2, 0) is 22.4 Å². The zero-order valence-corrected chi connectivity index (χ0v) is 11.9. The van der Waals surface area contributed by atoms with Crippen molar-refractivity contribution in [2.45, 2.75) is 26.3 Å². The molecule has 0 spiro atoms. The standard InChI is InChI=1S/C16H23NO2/c1-3-14-6-4-7-15-8-9-17(16(14)15)10-13-19-12-5-11-18-2/h4,6-9H,3,5,10-13H2,1-2H3. The Morgan fingerprint density at radius 3 is 2.79 bits per heavy atom. The lowest BCUT2D eigenvalue weighted by Crippen LogP contribution is -2.07. The van der Waals surface area contributed by atoms with Crippen LogP contribution in [0.1, 0.15) is 18.9 Å². The molecule has 3 heteroatoms. The predicted octanol–water partition coefficient (Wildman–Crippen LogP) is 3.26. The van der Waals surface area contributed by atoms with Gasteiger partial charge in [0.2, 0.25) is 0 Å². The molecular formula is C16H23NO2. The maximum Gasteiger partial charge on any atom is 0.0645 e. The number of aromatic nitrogens is 1. The van der Waals surface area contributed by atoms with E-state index in [2.05, 4.69) is 42.0 Å². The molecule has 0 fully saturated rings. The van der Waals surface area contributed by atoms with Crippen LogP contribution in [0.4, 0.5) is 0 Å². The minimum atomic E-state index is 0.755. The molecule has 0 N–H and O–H groups in total. The second kappa shape index (κ2) is 7.31. The summed E-state index contributed by atoms with van der Waals surface area (Å²) in [5.74, 6) is 0. The van der Waals surface area contributed by atoms with Crippen molar-refractivity contribution in [2.24, 2.45) is 0 Å². The Morgan fingerprint density at radius 1 is 1.11 bits per heavy atom. The molecule has 0 aliphatic rings. The fourth-order valence-electron chi connectivity index (χ4n) is 2.38. The van der Waals surface area contributed by atoms with Crippen LogP contribution in [0.2, 0.25) is 0 Å². The molecule has 0 amide bonds. The number of fused-ring (bicyclic) bond motifs is 1. The second-order valence-electron chi connectivity index (χ2n) is 4.68. The van der Waals surface area contributed by atoms with Gasteiger partial charge in [0.25, 0.3) is 0 Å². The van der Waals surface area contributed by atoms with Gasteiger partial charge in [0, 0.05) is 33.1 Å². The molecule has 0 radical (unpaired) electrons. The summed E-state index contributed by atoms with van der Waals surface area (Å²) in [5.41, 5.74) is 2.76. The molecule has 104 valence electrons. The number of hydrogen-bond donors (Lipinski definition) is 0. The van der Waals surface area contributed by atoms with Gasteiger partial charge >= 0.3 is 0 Å². The highest BCUT2D eigenvalue weighted by atomic mass is 16.5. The molecule has 3 nitrogen and oxygen atoms in total. The monoisotopic (exact) mass is 261 g/mol. The lowest BCUT2D eigenvalue weighted by Gasteiger charge is -2.09. The summed E-state index contributed by atoms with van der Waals surface area (Å²) in [6.07, 6.45) is 4.18. The van der Waals surface area contributed by atoms with Crippen LogP contribution in [0, 0.1) is 0 Å². The van der Waals surface area contributed by atoms with Crippen LogP contribution in [0.5, 0.6) is 0 Å². The number of methoxy groups -OCH3 is 1. The first kappa shape index (κ1) is 14.1. The minimum absolute atomic E-state index is 0.755. The minimum Gasteiger partial charge on any atom is -0.385 e. The molecule has 1 aromatic heterocycles. The van der Waals surface area contributed by atoms with Crippen LogP contribution in [0.25, 0.3) is 10.9 Å². The summed E-state index contributed by atoms with van der Waals surface area (Å²) in [7, 11) is 1.72. The van der Waals surface area contributed by atoms with Crippen molar-refractivity contribution in [1.29, 1.82) is 0 Å². The molecule has 2 rings (SSSR count). The fraction of sp³-hybridized carbons (Fsp3) is 0.500. The Hall–Kier alpha value is -1.32. The largest absolute Gasteiger partial charge is 0.385 e. The third-order valence-electron chi connectivity index (χ3n) is 3.37. The summed E-state index contributed by atoms with van der Waals surface area (Å²) < 4.78 is 12.9. The number of aryl methyl sites for hydroxylation is 1. The first-order chi connectivity index (χ1) is 9.36. The third kappa shape index (κ3) is 3.58. The molecule has 0 unspecified atom stereocenters. The van der Waals surface area contributed by atoms with Crippen molar-refractivity contribution in [3.63, 3.8) is 0 Å². The quantitative estimate of drug-likeness (QED) is 0.681. The molecule has 0 aliphatic carbocycles. The molecule has 0 saturated heterocycles. The summed E-state index contributed by atoms with van der Waals surface area (Å²) in [4.78, 5) is 0. The lowest BCUT2D eigenvalue weighted by molar-refractivity contribution is 0.0982. The van der Waals surface area contributed by atoms with Crippen LogP contribution >= 0.6 is 0 Å². The zero-order chi connectivity index (χ0) is 13.5. The molecule has 0 saturated carbocycles. The summed E-state index contributed by atoms with van der Waals surface area (Å²) >= 11 is 0. The molecular weight excluding hydrogens is 238 g/mol. The lowest BCUT2D eigenvalue weighted by atomic mass is 10.1. The van der Waals surface area contributed by atoms with E-state index in [1.54, 1.807) is 7.11 Å². The van der Waals surface area contributed by atoms with Gasteiger partial charge in [-0.2, -0.15) is 0 Å². The molecule has 0 atom stereocenters. The van der Waals surface area contributed by atoms with Crippen LogP contribution in [0.15, 0.2) is 30.5 Å². The van der Waals surface area contributed by atoms with E-state index in [0.717, 1.165) is 39.2 Å². The average Bonchev–Trinajstić information content (AvgIpc) is 2.86. The predicted molar refractivity (Wildman–Crippen MR) is 78.6 cm³/mol. The molecule has 1 aromatic carbocycles. The normalized spacial score (nSPS) is 11.3. The van der Waals surface area contributed by atoms with Gasteiger partial charge in [-0.3, -0.25) is 0 Å². The fourth-order valence-corrected chi connectivity index (χ4v) is 2.38. The van der Waals surface area contributed by atoms with Gasteiger partial charge in [0.1, 0.15) is 0 Å². The van der Waals surface area contributed by atoms with Crippen LogP contribution in [0.3, 0.4) is 0 Å². The van der Waals surface area contributed by atoms with Crippen molar-refractivity contribution in [3.05, 3.63) is 36.0 Å². The maximum absolute atomic E-state index is 5.63.